The Morgan fingerprint density at radius 1 is 1.22 bits per heavy atom. The van der Waals surface area contributed by atoms with Crippen molar-refractivity contribution in [1.82, 2.24) is 9.97 Å². The third-order valence-electron chi connectivity index (χ3n) is 2.45. The van der Waals surface area contributed by atoms with Gasteiger partial charge in [0.1, 0.15) is 5.82 Å². The molecule has 1 N–H and O–H groups in total. The lowest BCUT2D eigenvalue weighted by Crippen LogP contribution is -2.01. The van der Waals surface area contributed by atoms with Gasteiger partial charge in [-0.25, -0.2) is 9.97 Å². The van der Waals surface area contributed by atoms with Crippen LogP contribution in [0.4, 0.5) is 5.82 Å². The first-order chi connectivity index (χ1) is 8.54. The van der Waals surface area contributed by atoms with E-state index in [1.807, 2.05) is 19.1 Å². The van der Waals surface area contributed by atoms with Crippen molar-refractivity contribution in [3.8, 4) is 11.4 Å². The third-order valence-corrected chi connectivity index (χ3v) is 4.21. The van der Waals surface area contributed by atoms with Crippen molar-refractivity contribution in [1.29, 1.82) is 0 Å². The number of halogens is 3. The molecule has 1 aromatic carbocycles. The van der Waals surface area contributed by atoms with Gasteiger partial charge in [0.15, 0.2) is 5.82 Å². The second-order valence-corrected chi connectivity index (χ2v) is 5.22. The molecule has 0 fully saturated rings. The maximum atomic E-state index is 6.17. The van der Waals surface area contributed by atoms with Crippen LogP contribution in [0.3, 0.4) is 0 Å². The van der Waals surface area contributed by atoms with Gasteiger partial charge in [-0.05, 0) is 35.0 Å². The van der Waals surface area contributed by atoms with E-state index in [1.165, 1.54) is 0 Å². The molecule has 0 saturated heterocycles. The van der Waals surface area contributed by atoms with Gasteiger partial charge in [0, 0.05) is 12.6 Å². The number of aromatic nitrogens is 2. The molecular weight excluding hydrogens is 337 g/mol. The molecule has 0 spiro atoms. The van der Waals surface area contributed by atoms with Gasteiger partial charge in [-0.2, -0.15) is 0 Å². The lowest BCUT2D eigenvalue weighted by Gasteiger charge is -2.10. The largest absolute Gasteiger partial charge is 0.372 e. The molecule has 2 aromatic rings. The topological polar surface area (TPSA) is 37.8 Å². The second kappa shape index (κ2) is 5.43. The van der Waals surface area contributed by atoms with Crippen LogP contribution in [-0.4, -0.2) is 17.0 Å². The summed E-state index contributed by atoms with van der Waals surface area (Å²) in [6, 6.07) is 5.40. The molecule has 1 aromatic heterocycles. The molecule has 0 radical (unpaired) electrons. The Bertz CT molecular complexity index is 602. The van der Waals surface area contributed by atoms with Gasteiger partial charge < -0.3 is 5.32 Å². The first kappa shape index (κ1) is 13.6. The second-order valence-electron chi connectivity index (χ2n) is 3.65. The summed E-state index contributed by atoms with van der Waals surface area (Å²) >= 11 is 15.6. The van der Waals surface area contributed by atoms with E-state index in [0.717, 1.165) is 15.7 Å². The molecule has 3 nitrogen and oxygen atoms in total. The van der Waals surface area contributed by atoms with Crippen LogP contribution in [0, 0.1) is 6.92 Å². The van der Waals surface area contributed by atoms with Crippen LogP contribution in [0.25, 0.3) is 11.4 Å². The van der Waals surface area contributed by atoms with E-state index in [1.54, 1.807) is 13.1 Å². The Kier molecular flexibility index (Phi) is 4.10. The zero-order valence-electron chi connectivity index (χ0n) is 9.76. The molecule has 2 rings (SSSR count). The van der Waals surface area contributed by atoms with Gasteiger partial charge >= 0.3 is 0 Å². The van der Waals surface area contributed by atoms with Crippen molar-refractivity contribution in [2.24, 2.45) is 0 Å². The average Bonchev–Trinajstić information content (AvgIpc) is 2.36. The molecule has 0 atom stereocenters. The Hall–Kier alpha value is -0.840. The predicted octanol–water partition coefficient (Wildman–Crippen LogP) is 4.56. The fraction of sp³-hybridized carbons (Fsp3) is 0.167. The number of hydrogen-bond donors (Lipinski definition) is 1. The van der Waals surface area contributed by atoms with Crippen molar-refractivity contribution in [3.05, 3.63) is 38.4 Å². The number of nitrogens with one attached hydrogen (secondary N) is 1. The quantitative estimate of drug-likeness (QED) is 0.865. The molecule has 0 aliphatic rings. The van der Waals surface area contributed by atoms with Crippen molar-refractivity contribution >= 4 is 44.9 Å². The van der Waals surface area contributed by atoms with Crippen LogP contribution < -0.4 is 5.32 Å². The first-order valence-corrected chi connectivity index (χ1v) is 6.75. The molecule has 0 bridgehead atoms. The Morgan fingerprint density at radius 3 is 2.61 bits per heavy atom. The number of benzene rings is 1. The Balaban J connectivity index is 2.64. The molecule has 0 amide bonds. The van der Waals surface area contributed by atoms with E-state index in [2.05, 4.69) is 31.2 Å². The number of hydrogen-bond acceptors (Lipinski definition) is 3. The Morgan fingerprint density at radius 2 is 1.94 bits per heavy atom. The third kappa shape index (κ3) is 2.46. The number of aryl methyl sites for hydroxylation is 1. The minimum Gasteiger partial charge on any atom is -0.372 e. The molecule has 0 unspecified atom stereocenters. The first-order valence-electron chi connectivity index (χ1n) is 5.21. The summed E-state index contributed by atoms with van der Waals surface area (Å²) < 4.78 is 0.840. The minimum atomic E-state index is 0.461. The van der Waals surface area contributed by atoms with Crippen LogP contribution in [0.5, 0.6) is 0 Å². The number of anilines is 1. The molecule has 6 heteroatoms. The van der Waals surface area contributed by atoms with Gasteiger partial charge in [0.2, 0.25) is 0 Å². The Labute approximate surface area is 124 Å². The molecule has 94 valence electrons. The van der Waals surface area contributed by atoms with Crippen molar-refractivity contribution in [2.75, 3.05) is 12.4 Å². The number of nitrogens with zero attached hydrogens (tertiary/aromatic N) is 2. The summed E-state index contributed by atoms with van der Waals surface area (Å²) in [7, 11) is 1.80. The smallest absolute Gasteiger partial charge is 0.163 e. The summed E-state index contributed by atoms with van der Waals surface area (Å²) in [5.41, 5.74) is 1.55. The van der Waals surface area contributed by atoms with Crippen LogP contribution in [-0.2, 0) is 0 Å². The molecule has 0 aliphatic carbocycles. The fourth-order valence-corrected chi connectivity index (χ4v) is 2.28. The minimum absolute atomic E-state index is 0.461. The standard InChI is InChI=1S/C12H10BrCl2N3/c1-6-9(13)12(16-2)18-11(17-6)7-4-3-5-8(14)10(7)15/h3-5H,1-2H3,(H,16,17,18). The van der Waals surface area contributed by atoms with E-state index >= 15 is 0 Å². The zero-order chi connectivity index (χ0) is 13.3. The number of rotatable bonds is 2. The highest BCUT2D eigenvalue weighted by molar-refractivity contribution is 9.10. The highest BCUT2D eigenvalue weighted by atomic mass is 79.9. The van der Waals surface area contributed by atoms with Crippen LogP contribution >= 0.6 is 39.1 Å². The molecule has 0 saturated carbocycles. The average molecular weight is 347 g/mol. The van der Waals surface area contributed by atoms with E-state index < -0.39 is 0 Å². The fourth-order valence-electron chi connectivity index (χ4n) is 1.52. The van der Waals surface area contributed by atoms with E-state index in [-0.39, 0.29) is 0 Å². The van der Waals surface area contributed by atoms with E-state index in [4.69, 9.17) is 23.2 Å². The molecule has 1 heterocycles. The summed E-state index contributed by atoms with van der Waals surface area (Å²) in [4.78, 5) is 8.82. The van der Waals surface area contributed by atoms with Crippen LogP contribution in [0.15, 0.2) is 22.7 Å². The van der Waals surface area contributed by atoms with Crippen LogP contribution in [0.2, 0.25) is 10.0 Å². The van der Waals surface area contributed by atoms with Gasteiger partial charge in [-0.3, -0.25) is 0 Å². The lowest BCUT2D eigenvalue weighted by molar-refractivity contribution is 1.09. The summed E-state index contributed by atoms with van der Waals surface area (Å²) in [6.45, 7) is 1.90. The van der Waals surface area contributed by atoms with Crippen molar-refractivity contribution in [3.63, 3.8) is 0 Å². The normalized spacial score (nSPS) is 10.5. The van der Waals surface area contributed by atoms with Gasteiger partial charge in [0.25, 0.3) is 0 Å². The monoisotopic (exact) mass is 345 g/mol. The van der Waals surface area contributed by atoms with Crippen molar-refractivity contribution < 1.29 is 0 Å². The molecular formula is C12H10BrCl2N3. The molecule has 0 aliphatic heterocycles. The highest BCUT2D eigenvalue weighted by Gasteiger charge is 2.13. The maximum Gasteiger partial charge on any atom is 0.163 e. The molecule has 18 heavy (non-hydrogen) atoms. The van der Waals surface area contributed by atoms with E-state index in [9.17, 15) is 0 Å². The maximum absolute atomic E-state index is 6.17. The predicted molar refractivity (Wildman–Crippen MR) is 79.5 cm³/mol. The summed E-state index contributed by atoms with van der Waals surface area (Å²) in [5, 5.41) is 3.96. The summed E-state index contributed by atoms with van der Waals surface area (Å²) in [5.74, 6) is 1.26. The van der Waals surface area contributed by atoms with E-state index in [0.29, 0.717) is 21.7 Å². The van der Waals surface area contributed by atoms with Gasteiger partial charge in [0.05, 0.1) is 20.2 Å². The summed E-state index contributed by atoms with van der Waals surface area (Å²) in [6.07, 6.45) is 0. The van der Waals surface area contributed by atoms with Crippen LogP contribution in [0.1, 0.15) is 5.69 Å². The van der Waals surface area contributed by atoms with Crippen molar-refractivity contribution in [2.45, 2.75) is 6.92 Å². The van der Waals surface area contributed by atoms with Gasteiger partial charge in [-0.1, -0.05) is 29.3 Å². The highest BCUT2D eigenvalue weighted by Crippen LogP contribution is 2.33. The lowest BCUT2D eigenvalue weighted by atomic mass is 10.2. The van der Waals surface area contributed by atoms with Gasteiger partial charge in [-0.15, -0.1) is 0 Å². The SMILES string of the molecule is CNc1nc(-c2cccc(Cl)c2Cl)nc(C)c1Br. The zero-order valence-corrected chi connectivity index (χ0v) is 12.9.